The number of carbonyl (C=O) groups is 2. The molecule has 1 aromatic rings. The van der Waals surface area contributed by atoms with Crippen molar-refractivity contribution in [2.75, 3.05) is 6.54 Å². The fraction of sp³-hybridized carbons (Fsp3) is 0.500. The molecule has 0 aliphatic rings. The number of aryl methyl sites for hydroxylation is 1. The average molecular weight is 254 g/mol. The molecule has 3 N–H and O–H groups in total. The maximum Gasteiger partial charge on any atom is 0.339 e. The Morgan fingerprint density at radius 1 is 1.50 bits per heavy atom. The number of carbonyl (C=O) groups excluding carboxylic acids is 1. The summed E-state index contributed by atoms with van der Waals surface area (Å²) in [5, 5.41) is 8.92. The largest absolute Gasteiger partial charge is 0.478 e. The summed E-state index contributed by atoms with van der Waals surface area (Å²) < 4.78 is 5.36. The lowest BCUT2D eigenvalue weighted by Crippen LogP contribution is -2.37. The van der Waals surface area contributed by atoms with Crippen LogP contribution in [0.25, 0.3) is 0 Å². The predicted molar refractivity (Wildman–Crippen MR) is 65.1 cm³/mol. The quantitative estimate of drug-likeness (QED) is 0.788. The van der Waals surface area contributed by atoms with Crippen LogP contribution in [0.3, 0.4) is 0 Å². The number of aromatic carboxylic acids is 1. The van der Waals surface area contributed by atoms with E-state index < -0.39 is 11.9 Å². The van der Waals surface area contributed by atoms with E-state index in [1.54, 1.807) is 6.92 Å². The second-order valence-corrected chi connectivity index (χ2v) is 4.45. The highest BCUT2D eigenvalue weighted by Gasteiger charge is 2.18. The molecule has 6 heteroatoms. The first-order valence-electron chi connectivity index (χ1n) is 5.66. The molecular weight excluding hydrogens is 236 g/mol. The minimum Gasteiger partial charge on any atom is -0.478 e. The van der Waals surface area contributed by atoms with Crippen molar-refractivity contribution < 1.29 is 19.1 Å². The monoisotopic (exact) mass is 254 g/mol. The Morgan fingerprint density at radius 2 is 2.11 bits per heavy atom. The number of furan rings is 1. The van der Waals surface area contributed by atoms with Crippen LogP contribution in [0.5, 0.6) is 0 Å². The number of amides is 1. The van der Waals surface area contributed by atoms with Crippen LogP contribution >= 0.6 is 0 Å². The summed E-state index contributed by atoms with van der Waals surface area (Å²) in [5.41, 5.74) is 5.31. The highest BCUT2D eigenvalue weighted by Crippen LogP contribution is 2.17. The van der Waals surface area contributed by atoms with E-state index in [-0.39, 0.29) is 18.2 Å². The number of hydrogen-bond donors (Lipinski definition) is 2. The van der Waals surface area contributed by atoms with Crippen molar-refractivity contribution in [3.8, 4) is 0 Å². The van der Waals surface area contributed by atoms with Crippen molar-refractivity contribution in [1.29, 1.82) is 0 Å². The van der Waals surface area contributed by atoms with E-state index in [1.165, 1.54) is 6.07 Å². The Bertz CT molecular complexity index is 451. The van der Waals surface area contributed by atoms with Crippen molar-refractivity contribution in [2.45, 2.75) is 33.4 Å². The van der Waals surface area contributed by atoms with Crippen LogP contribution in [0.1, 0.15) is 35.7 Å². The zero-order valence-corrected chi connectivity index (χ0v) is 10.8. The Hall–Kier alpha value is -1.82. The first-order chi connectivity index (χ1) is 8.31. The second kappa shape index (κ2) is 5.68. The van der Waals surface area contributed by atoms with Gasteiger partial charge in [-0.1, -0.05) is 0 Å². The first-order valence-corrected chi connectivity index (χ1v) is 5.66. The molecule has 1 rings (SSSR count). The van der Waals surface area contributed by atoms with Gasteiger partial charge in [-0.3, -0.25) is 9.69 Å². The van der Waals surface area contributed by atoms with E-state index in [1.807, 2.05) is 18.7 Å². The summed E-state index contributed by atoms with van der Waals surface area (Å²) in [7, 11) is 0. The van der Waals surface area contributed by atoms with Gasteiger partial charge < -0.3 is 15.3 Å². The van der Waals surface area contributed by atoms with Crippen LogP contribution < -0.4 is 5.73 Å². The number of rotatable bonds is 6. The van der Waals surface area contributed by atoms with Gasteiger partial charge in [0.15, 0.2) is 0 Å². The average Bonchev–Trinajstić information content (AvgIpc) is 2.57. The molecule has 0 spiro atoms. The van der Waals surface area contributed by atoms with E-state index in [2.05, 4.69) is 0 Å². The molecule has 0 fully saturated rings. The molecular formula is C12H18N2O4. The van der Waals surface area contributed by atoms with E-state index in [4.69, 9.17) is 15.3 Å². The Labute approximate surface area is 105 Å². The third-order valence-electron chi connectivity index (χ3n) is 2.65. The summed E-state index contributed by atoms with van der Waals surface area (Å²) in [4.78, 5) is 23.6. The van der Waals surface area contributed by atoms with Gasteiger partial charge in [-0.05, 0) is 26.8 Å². The van der Waals surface area contributed by atoms with Gasteiger partial charge in [0.2, 0.25) is 5.91 Å². The zero-order valence-electron chi connectivity index (χ0n) is 10.8. The molecule has 0 aromatic carbocycles. The van der Waals surface area contributed by atoms with Crippen LogP contribution in [0.4, 0.5) is 0 Å². The number of primary amides is 1. The van der Waals surface area contributed by atoms with Crippen molar-refractivity contribution in [3.05, 3.63) is 23.2 Å². The number of hydrogen-bond acceptors (Lipinski definition) is 4. The van der Waals surface area contributed by atoms with Gasteiger partial charge in [-0.2, -0.15) is 0 Å². The normalized spacial score (nSPS) is 11.2. The van der Waals surface area contributed by atoms with Gasteiger partial charge in [-0.25, -0.2) is 4.79 Å². The van der Waals surface area contributed by atoms with Crippen LogP contribution in [0.2, 0.25) is 0 Å². The lowest BCUT2D eigenvalue weighted by Gasteiger charge is -2.23. The van der Waals surface area contributed by atoms with Gasteiger partial charge in [-0.15, -0.1) is 0 Å². The second-order valence-electron chi connectivity index (χ2n) is 4.45. The van der Waals surface area contributed by atoms with Crippen LogP contribution in [-0.2, 0) is 11.3 Å². The van der Waals surface area contributed by atoms with Crippen molar-refractivity contribution in [2.24, 2.45) is 5.73 Å². The SMILES string of the molecule is Cc1oc(CN(CC(N)=O)C(C)C)cc1C(=O)O. The molecule has 0 radical (unpaired) electrons. The molecule has 1 aromatic heterocycles. The van der Waals surface area contributed by atoms with Gasteiger partial charge in [0, 0.05) is 6.04 Å². The Kier molecular flexibility index (Phi) is 4.49. The molecule has 6 nitrogen and oxygen atoms in total. The van der Waals surface area contributed by atoms with Crippen LogP contribution in [-0.4, -0.2) is 34.5 Å². The molecule has 0 aliphatic heterocycles. The minimum atomic E-state index is -1.02. The lowest BCUT2D eigenvalue weighted by atomic mass is 10.2. The standard InChI is InChI=1S/C12H18N2O4/c1-7(2)14(6-11(13)15)5-9-4-10(12(16)17)8(3)18-9/h4,7H,5-6H2,1-3H3,(H2,13,15)(H,16,17). The maximum atomic E-state index is 10.9. The van der Waals surface area contributed by atoms with E-state index in [0.29, 0.717) is 18.1 Å². The molecule has 100 valence electrons. The summed E-state index contributed by atoms with van der Waals surface area (Å²) >= 11 is 0. The molecule has 1 amide bonds. The fourth-order valence-electron chi connectivity index (χ4n) is 1.66. The topological polar surface area (TPSA) is 96.8 Å². The van der Waals surface area contributed by atoms with E-state index >= 15 is 0 Å². The third-order valence-corrected chi connectivity index (χ3v) is 2.65. The summed E-state index contributed by atoms with van der Waals surface area (Å²) in [6.45, 7) is 5.92. The Morgan fingerprint density at radius 3 is 2.50 bits per heavy atom. The molecule has 1 heterocycles. The van der Waals surface area contributed by atoms with Crippen LogP contribution in [0.15, 0.2) is 10.5 Å². The van der Waals surface area contributed by atoms with E-state index in [0.717, 1.165) is 0 Å². The minimum absolute atomic E-state index is 0.108. The van der Waals surface area contributed by atoms with Gasteiger partial charge in [0.25, 0.3) is 0 Å². The van der Waals surface area contributed by atoms with Crippen molar-refractivity contribution >= 4 is 11.9 Å². The number of carboxylic acid groups (broad SMARTS) is 1. The highest BCUT2D eigenvalue weighted by molar-refractivity contribution is 5.88. The first kappa shape index (κ1) is 14.2. The third kappa shape index (κ3) is 3.59. The lowest BCUT2D eigenvalue weighted by molar-refractivity contribution is -0.119. The highest BCUT2D eigenvalue weighted by atomic mass is 16.4. The van der Waals surface area contributed by atoms with Crippen molar-refractivity contribution in [1.82, 2.24) is 4.90 Å². The van der Waals surface area contributed by atoms with Gasteiger partial charge in [0.05, 0.1) is 13.1 Å². The smallest absolute Gasteiger partial charge is 0.339 e. The van der Waals surface area contributed by atoms with Gasteiger partial charge in [0.1, 0.15) is 17.1 Å². The molecule has 0 saturated heterocycles. The fourth-order valence-corrected chi connectivity index (χ4v) is 1.66. The number of carboxylic acids is 1. The number of nitrogens with two attached hydrogens (primary N) is 1. The van der Waals surface area contributed by atoms with Crippen LogP contribution in [0, 0.1) is 6.92 Å². The Balaban J connectivity index is 2.84. The maximum absolute atomic E-state index is 10.9. The number of nitrogens with zero attached hydrogens (tertiary/aromatic N) is 1. The van der Waals surface area contributed by atoms with Crippen molar-refractivity contribution in [3.63, 3.8) is 0 Å². The molecule has 0 saturated carbocycles. The molecule has 0 unspecified atom stereocenters. The summed E-state index contributed by atoms with van der Waals surface area (Å²) in [5.74, 6) is -0.570. The summed E-state index contributed by atoms with van der Waals surface area (Å²) in [6.07, 6.45) is 0. The zero-order chi connectivity index (χ0) is 13.9. The summed E-state index contributed by atoms with van der Waals surface area (Å²) in [6, 6.07) is 1.59. The van der Waals surface area contributed by atoms with E-state index in [9.17, 15) is 9.59 Å². The predicted octanol–water partition coefficient (Wildman–Crippen LogP) is 0.982. The molecule has 0 bridgehead atoms. The van der Waals surface area contributed by atoms with Gasteiger partial charge >= 0.3 is 5.97 Å². The molecule has 0 aliphatic carbocycles. The molecule has 0 atom stereocenters. The molecule has 18 heavy (non-hydrogen) atoms.